The van der Waals surface area contributed by atoms with Crippen LogP contribution in [-0.4, -0.2) is 26.4 Å². The van der Waals surface area contributed by atoms with Gasteiger partial charge in [-0.25, -0.2) is 0 Å². The fraction of sp³-hybridized carbons (Fsp3) is 0.286. The molecule has 2 saturated heterocycles. The van der Waals surface area contributed by atoms with Crippen LogP contribution in [0.5, 0.6) is 0 Å². The molecule has 6 rings (SSSR count). The Labute approximate surface area is 198 Å². The van der Waals surface area contributed by atoms with Gasteiger partial charge in [0, 0.05) is 35.4 Å². The van der Waals surface area contributed by atoms with Gasteiger partial charge in [-0.15, -0.1) is 0 Å². The Morgan fingerprint density at radius 1 is 0.559 bits per heavy atom. The average Bonchev–Trinajstić information content (AvgIpc) is 3.60. The topological polar surface area (TPSA) is 44.7 Å². The minimum atomic E-state index is -0.322. The van der Waals surface area contributed by atoms with Crippen molar-refractivity contribution in [3.05, 3.63) is 108 Å². The summed E-state index contributed by atoms with van der Waals surface area (Å²) in [5.74, 6) is 0. The van der Waals surface area contributed by atoms with E-state index in [1.807, 2.05) is 12.1 Å². The predicted molar refractivity (Wildman–Crippen MR) is 125 cm³/mol. The maximum atomic E-state index is 5.81. The Bertz CT molecular complexity index is 1200. The smallest absolute Gasteiger partial charge is 0.245 e. The molecular formula is C28H28N2O4+2. The van der Waals surface area contributed by atoms with Crippen LogP contribution >= 0.6 is 0 Å². The largest absolute Gasteiger partial charge is 0.341 e. The molecule has 0 radical (unpaired) electrons. The summed E-state index contributed by atoms with van der Waals surface area (Å²) < 4.78 is 27.7. The summed E-state index contributed by atoms with van der Waals surface area (Å²) in [5, 5.41) is 2.46. The maximum Gasteiger partial charge on any atom is 0.245 e. The molecule has 0 saturated carbocycles. The summed E-state index contributed by atoms with van der Waals surface area (Å²) in [6.45, 7) is 3.94. The van der Waals surface area contributed by atoms with E-state index < -0.39 is 0 Å². The Hall–Kier alpha value is -3.16. The summed E-state index contributed by atoms with van der Waals surface area (Å²) in [5.41, 5.74) is 4.56. The zero-order valence-corrected chi connectivity index (χ0v) is 19.0. The van der Waals surface area contributed by atoms with Gasteiger partial charge in [0.1, 0.15) is 0 Å². The number of aromatic nitrogens is 2. The van der Waals surface area contributed by atoms with Gasteiger partial charge in [0.05, 0.1) is 26.4 Å². The number of rotatable bonds is 6. The second-order valence-corrected chi connectivity index (χ2v) is 8.62. The highest BCUT2D eigenvalue weighted by Gasteiger charge is 2.29. The van der Waals surface area contributed by atoms with Gasteiger partial charge < -0.3 is 18.9 Å². The highest BCUT2D eigenvalue weighted by molar-refractivity contribution is 5.84. The van der Waals surface area contributed by atoms with Gasteiger partial charge in [-0.2, -0.15) is 9.13 Å². The SMILES string of the molecule is c1cc[n+](Cc2cc3ccccc3cc2C[n+]2ccccc2C2OCCO2)c(C2OCCO2)c1. The molecule has 34 heavy (non-hydrogen) atoms. The molecule has 2 aromatic heterocycles. The Morgan fingerprint density at radius 3 is 1.41 bits per heavy atom. The normalized spacial score (nSPS) is 17.1. The molecule has 0 amide bonds. The fourth-order valence-corrected chi connectivity index (χ4v) is 4.75. The summed E-state index contributed by atoms with van der Waals surface area (Å²) in [4.78, 5) is 0. The third kappa shape index (κ3) is 4.33. The third-order valence-electron chi connectivity index (χ3n) is 6.43. The second-order valence-electron chi connectivity index (χ2n) is 8.62. The lowest BCUT2D eigenvalue weighted by Gasteiger charge is -2.13. The number of fused-ring (bicyclic) bond motifs is 1. The summed E-state index contributed by atoms with van der Waals surface area (Å²) in [6, 6.07) is 25.5. The van der Waals surface area contributed by atoms with Gasteiger partial charge in [0.2, 0.25) is 24.0 Å². The van der Waals surface area contributed by atoms with Gasteiger partial charge in [-0.05, 0) is 35.0 Å². The molecule has 2 aliphatic rings. The zero-order valence-electron chi connectivity index (χ0n) is 19.0. The molecule has 0 atom stereocenters. The van der Waals surface area contributed by atoms with Crippen LogP contribution in [0.3, 0.4) is 0 Å². The first-order valence-corrected chi connectivity index (χ1v) is 11.8. The van der Waals surface area contributed by atoms with Crippen molar-refractivity contribution in [3.63, 3.8) is 0 Å². The van der Waals surface area contributed by atoms with Crippen LogP contribution in [0.25, 0.3) is 10.8 Å². The van der Waals surface area contributed by atoms with Crippen LogP contribution in [0.15, 0.2) is 85.2 Å². The predicted octanol–water partition coefficient (Wildman–Crippen LogP) is 3.60. The van der Waals surface area contributed by atoms with Gasteiger partial charge >= 0.3 is 0 Å². The molecule has 6 heteroatoms. The van der Waals surface area contributed by atoms with E-state index in [0.29, 0.717) is 26.4 Å². The number of pyridine rings is 2. The van der Waals surface area contributed by atoms with Crippen LogP contribution in [0.1, 0.15) is 35.1 Å². The quantitative estimate of drug-likeness (QED) is 0.416. The van der Waals surface area contributed by atoms with E-state index in [1.54, 1.807) is 0 Å². The fourth-order valence-electron chi connectivity index (χ4n) is 4.75. The summed E-state index contributed by atoms with van der Waals surface area (Å²) >= 11 is 0. The number of ether oxygens (including phenoxy) is 4. The van der Waals surface area contributed by atoms with Crippen molar-refractivity contribution in [2.45, 2.75) is 25.7 Å². The standard InChI is InChI=1S/C28H28N2O4/c1-2-8-22-18-24(20-30-12-6-4-10-26(30)28-33-15-16-34-28)23(17-21(22)7-1)19-29-11-5-3-9-25(29)27-31-13-14-32-27/h1-12,17-18,27-28H,13-16,19-20H2/q+2. The first-order valence-electron chi connectivity index (χ1n) is 11.8. The first kappa shape index (κ1) is 21.4. The molecule has 4 aromatic rings. The van der Waals surface area contributed by atoms with Gasteiger partial charge in [0.15, 0.2) is 25.5 Å². The van der Waals surface area contributed by atoms with Crippen molar-refractivity contribution in [3.8, 4) is 0 Å². The van der Waals surface area contributed by atoms with Crippen LogP contribution in [0.4, 0.5) is 0 Å². The van der Waals surface area contributed by atoms with Crippen LogP contribution in [-0.2, 0) is 32.0 Å². The van der Waals surface area contributed by atoms with Gasteiger partial charge in [0.25, 0.3) is 0 Å². The van der Waals surface area contributed by atoms with Crippen molar-refractivity contribution in [1.29, 1.82) is 0 Å². The monoisotopic (exact) mass is 456 g/mol. The first-order chi connectivity index (χ1) is 16.8. The second kappa shape index (κ2) is 9.60. The molecule has 2 aliphatic heterocycles. The lowest BCUT2D eigenvalue weighted by Crippen LogP contribution is -2.42. The van der Waals surface area contributed by atoms with Crippen LogP contribution in [0, 0.1) is 0 Å². The van der Waals surface area contributed by atoms with Crippen molar-refractivity contribution >= 4 is 10.8 Å². The molecule has 0 aliphatic carbocycles. The lowest BCUT2D eigenvalue weighted by atomic mass is 10.00. The highest BCUT2D eigenvalue weighted by Crippen LogP contribution is 2.24. The Morgan fingerprint density at radius 2 is 0.971 bits per heavy atom. The molecule has 0 N–H and O–H groups in total. The van der Waals surface area contributed by atoms with Crippen molar-refractivity contribution in [2.24, 2.45) is 0 Å². The van der Waals surface area contributed by atoms with E-state index in [-0.39, 0.29) is 12.6 Å². The molecule has 6 nitrogen and oxygen atoms in total. The maximum absolute atomic E-state index is 5.81. The van der Waals surface area contributed by atoms with E-state index in [1.165, 1.54) is 21.9 Å². The van der Waals surface area contributed by atoms with Crippen molar-refractivity contribution < 1.29 is 28.1 Å². The molecule has 0 bridgehead atoms. The van der Waals surface area contributed by atoms with E-state index in [2.05, 4.69) is 82.2 Å². The van der Waals surface area contributed by atoms with E-state index in [0.717, 1.165) is 24.5 Å². The molecule has 0 spiro atoms. The minimum Gasteiger partial charge on any atom is -0.341 e. The number of hydrogen-bond acceptors (Lipinski definition) is 4. The molecular weight excluding hydrogens is 428 g/mol. The minimum absolute atomic E-state index is 0.322. The molecule has 172 valence electrons. The Kier molecular flexibility index (Phi) is 6.04. The molecule has 2 aromatic carbocycles. The third-order valence-corrected chi connectivity index (χ3v) is 6.43. The molecule has 2 fully saturated rings. The highest BCUT2D eigenvalue weighted by atomic mass is 16.7. The van der Waals surface area contributed by atoms with Gasteiger partial charge in [-0.1, -0.05) is 24.3 Å². The number of hydrogen-bond donors (Lipinski definition) is 0. The Balaban J connectivity index is 1.40. The molecule has 0 unspecified atom stereocenters. The number of nitrogens with zero attached hydrogens (tertiary/aromatic N) is 2. The zero-order chi connectivity index (χ0) is 22.7. The van der Waals surface area contributed by atoms with E-state index >= 15 is 0 Å². The molecule has 4 heterocycles. The number of benzene rings is 2. The van der Waals surface area contributed by atoms with Gasteiger partial charge in [-0.3, -0.25) is 0 Å². The van der Waals surface area contributed by atoms with Crippen LogP contribution < -0.4 is 9.13 Å². The average molecular weight is 457 g/mol. The van der Waals surface area contributed by atoms with E-state index in [9.17, 15) is 0 Å². The van der Waals surface area contributed by atoms with Crippen molar-refractivity contribution in [1.82, 2.24) is 0 Å². The van der Waals surface area contributed by atoms with Crippen LogP contribution in [0.2, 0.25) is 0 Å². The summed E-state index contributed by atoms with van der Waals surface area (Å²) in [6.07, 6.45) is 3.55. The lowest BCUT2D eigenvalue weighted by molar-refractivity contribution is -0.706. The van der Waals surface area contributed by atoms with E-state index in [4.69, 9.17) is 18.9 Å². The summed E-state index contributed by atoms with van der Waals surface area (Å²) in [7, 11) is 0. The van der Waals surface area contributed by atoms with Crippen molar-refractivity contribution in [2.75, 3.05) is 26.4 Å².